The van der Waals surface area contributed by atoms with Gasteiger partial charge in [-0.3, -0.25) is 0 Å². The molecule has 1 heterocycles. The van der Waals surface area contributed by atoms with Crippen LogP contribution in [0.4, 0.5) is 4.79 Å². The molecule has 7 nitrogen and oxygen atoms in total. The van der Waals surface area contributed by atoms with Gasteiger partial charge in [-0.05, 0) is 6.42 Å². The number of hydrogen-bond acceptors (Lipinski definition) is 3. The lowest BCUT2D eigenvalue weighted by atomic mass is 10.1. The lowest BCUT2D eigenvalue weighted by molar-refractivity contribution is -0.139. The number of carboxylic acids is 1. The Bertz CT molecular complexity index is 458. The minimum atomic E-state index is -1.00. The molecule has 1 atom stereocenters. The molecule has 0 aliphatic heterocycles. The second-order valence-electron chi connectivity index (χ2n) is 4.79. The van der Waals surface area contributed by atoms with Crippen molar-refractivity contribution in [3.8, 4) is 0 Å². The van der Waals surface area contributed by atoms with E-state index in [1.54, 1.807) is 19.4 Å². The topological polar surface area (TPSA) is 87.5 Å². The van der Waals surface area contributed by atoms with Crippen LogP contribution in [0.3, 0.4) is 0 Å². The Morgan fingerprint density at radius 3 is 2.75 bits per heavy atom. The van der Waals surface area contributed by atoms with Gasteiger partial charge in [0.05, 0.1) is 6.54 Å². The number of carbonyl (C=O) groups is 2. The third kappa shape index (κ3) is 4.56. The first kappa shape index (κ1) is 16.0. The first-order valence-electron chi connectivity index (χ1n) is 6.66. The number of aliphatic carboxylic acids is 1. The number of urea groups is 1. The summed E-state index contributed by atoms with van der Waals surface area (Å²) in [7, 11) is 3.46. The largest absolute Gasteiger partial charge is 0.480 e. The molecule has 2 N–H and O–H groups in total. The maximum absolute atomic E-state index is 12.0. The van der Waals surface area contributed by atoms with Gasteiger partial charge in [-0.15, -0.1) is 0 Å². The summed E-state index contributed by atoms with van der Waals surface area (Å²) in [6.45, 7) is 2.31. The number of aryl methyl sites for hydroxylation is 1. The number of carboxylic acid groups (broad SMARTS) is 1. The predicted octanol–water partition coefficient (Wildman–Crippen LogP) is 1.20. The normalized spacial score (nSPS) is 11.9. The first-order chi connectivity index (χ1) is 9.45. The van der Waals surface area contributed by atoms with Gasteiger partial charge in [-0.1, -0.05) is 19.8 Å². The number of amides is 2. The molecule has 0 radical (unpaired) electrons. The molecule has 1 aromatic rings. The summed E-state index contributed by atoms with van der Waals surface area (Å²) in [6.07, 6.45) is 5.54. The molecule has 1 aromatic heterocycles. The quantitative estimate of drug-likeness (QED) is 0.786. The van der Waals surface area contributed by atoms with E-state index in [1.807, 2.05) is 18.5 Å². The SMILES string of the molecule is CCCCC(NC(=O)N(C)Cc1nccn1C)C(=O)O. The van der Waals surface area contributed by atoms with E-state index in [0.29, 0.717) is 13.0 Å². The minimum absolute atomic E-state index is 0.329. The highest BCUT2D eigenvalue weighted by atomic mass is 16.4. The van der Waals surface area contributed by atoms with E-state index in [4.69, 9.17) is 5.11 Å². The average molecular weight is 282 g/mol. The third-order valence-electron chi connectivity index (χ3n) is 3.09. The van der Waals surface area contributed by atoms with Gasteiger partial charge in [0.1, 0.15) is 11.9 Å². The van der Waals surface area contributed by atoms with Gasteiger partial charge in [-0.2, -0.15) is 0 Å². The lowest BCUT2D eigenvalue weighted by Crippen LogP contribution is -2.46. The molecule has 7 heteroatoms. The Labute approximate surface area is 118 Å². The van der Waals surface area contributed by atoms with Gasteiger partial charge < -0.3 is 19.9 Å². The molecule has 0 spiro atoms. The highest BCUT2D eigenvalue weighted by Gasteiger charge is 2.21. The maximum atomic E-state index is 12.0. The van der Waals surface area contributed by atoms with Crippen molar-refractivity contribution in [2.24, 2.45) is 7.05 Å². The van der Waals surface area contributed by atoms with Crippen LogP contribution in [0.5, 0.6) is 0 Å². The van der Waals surface area contributed by atoms with Gasteiger partial charge in [0.2, 0.25) is 0 Å². The molecule has 0 aromatic carbocycles. The molecular formula is C13H22N4O3. The van der Waals surface area contributed by atoms with Crippen molar-refractivity contribution in [2.45, 2.75) is 38.8 Å². The van der Waals surface area contributed by atoms with E-state index in [2.05, 4.69) is 10.3 Å². The average Bonchev–Trinajstić information content (AvgIpc) is 2.79. The van der Waals surface area contributed by atoms with Crippen molar-refractivity contribution in [3.63, 3.8) is 0 Å². The fourth-order valence-electron chi connectivity index (χ4n) is 1.76. The Balaban J connectivity index is 2.55. The number of unbranched alkanes of at least 4 members (excludes halogenated alkanes) is 1. The summed E-state index contributed by atoms with van der Waals surface area (Å²) >= 11 is 0. The summed E-state index contributed by atoms with van der Waals surface area (Å²) in [5.74, 6) is -0.264. The van der Waals surface area contributed by atoms with Gasteiger partial charge in [0, 0.05) is 26.5 Å². The lowest BCUT2D eigenvalue weighted by Gasteiger charge is -2.21. The number of nitrogens with zero attached hydrogens (tertiary/aromatic N) is 3. The first-order valence-corrected chi connectivity index (χ1v) is 6.66. The number of nitrogens with one attached hydrogen (secondary N) is 1. The fourth-order valence-corrected chi connectivity index (χ4v) is 1.76. The van der Waals surface area contributed by atoms with Crippen LogP contribution in [0.1, 0.15) is 32.0 Å². The number of aromatic nitrogens is 2. The van der Waals surface area contributed by atoms with Gasteiger partial charge in [0.15, 0.2) is 0 Å². The highest BCUT2D eigenvalue weighted by molar-refractivity contribution is 5.82. The monoisotopic (exact) mass is 282 g/mol. The molecule has 1 rings (SSSR count). The Morgan fingerprint density at radius 2 is 2.25 bits per heavy atom. The fraction of sp³-hybridized carbons (Fsp3) is 0.615. The van der Waals surface area contributed by atoms with Gasteiger partial charge >= 0.3 is 12.0 Å². The van der Waals surface area contributed by atoms with E-state index < -0.39 is 18.0 Å². The summed E-state index contributed by atoms with van der Waals surface area (Å²) in [5, 5.41) is 11.6. The maximum Gasteiger partial charge on any atom is 0.326 e. The van der Waals surface area contributed by atoms with Crippen LogP contribution < -0.4 is 5.32 Å². The second-order valence-corrected chi connectivity index (χ2v) is 4.79. The molecule has 0 bridgehead atoms. The zero-order valence-electron chi connectivity index (χ0n) is 12.2. The van der Waals surface area contributed by atoms with Crippen LogP contribution in [0.25, 0.3) is 0 Å². The molecule has 112 valence electrons. The Kier molecular flexibility index (Phi) is 6.02. The molecule has 0 fully saturated rings. The van der Waals surface area contributed by atoms with Crippen LogP contribution in [0, 0.1) is 0 Å². The van der Waals surface area contributed by atoms with Crippen molar-refractivity contribution in [2.75, 3.05) is 7.05 Å². The molecule has 0 saturated carbocycles. The van der Waals surface area contributed by atoms with Crippen molar-refractivity contribution in [1.29, 1.82) is 0 Å². The van der Waals surface area contributed by atoms with E-state index in [1.165, 1.54) is 4.90 Å². The van der Waals surface area contributed by atoms with Crippen molar-refractivity contribution in [1.82, 2.24) is 19.8 Å². The summed E-state index contributed by atoms with van der Waals surface area (Å²) in [4.78, 5) is 28.6. The highest BCUT2D eigenvalue weighted by Crippen LogP contribution is 2.04. The molecule has 2 amide bonds. The second kappa shape index (κ2) is 7.52. The Morgan fingerprint density at radius 1 is 1.55 bits per heavy atom. The smallest absolute Gasteiger partial charge is 0.326 e. The summed E-state index contributed by atoms with van der Waals surface area (Å²) in [5.41, 5.74) is 0. The van der Waals surface area contributed by atoms with Crippen molar-refractivity contribution < 1.29 is 14.7 Å². The zero-order chi connectivity index (χ0) is 15.1. The van der Waals surface area contributed by atoms with E-state index in [0.717, 1.165) is 18.7 Å². The van der Waals surface area contributed by atoms with E-state index in [-0.39, 0.29) is 0 Å². The number of rotatable bonds is 7. The van der Waals surface area contributed by atoms with Crippen LogP contribution >= 0.6 is 0 Å². The Hall–Kier alpha value is -2.05. The molecule has 0 aliphatic rings. The molecular weight excluding hydrogens is 260 g/mol. The van der Waals surface area contributed by atoms with Crippen molar-refractivity contribution >= 4 is 12.0 Å². The van der Waals surface area contributed by atoms with Gasteiger partial charge in [-0.25, -0.2) is 14.6 Å². The van der Waals surface area contributed by atoms with E-state index >= 15 is 0 Å². The van der Waals surface area contributed by atoms with Crippen LogP contribution in [0.15, 0.2) is 12.4 Å². The minimum Gasteiger partial charge on any atom is -0.480 e. The number of hydrogen-bond donors (Lipinski definition) is 2. The predicted molar refractivity (Wildman–Crippen MR) is 74.2 cm³/mol. The van der Waals surface area contributed by atoms with Gasteiger partial charge in [0.25, 0.3) is 0 Å². The molecule has 0 aliphatic carbocycles. The standard InChI is InChI=1S/C13H22N4O3/c1-4-5-6-10(12(18)19)15-13(20)17(3)9-11-14-7-8-16(11)2/h7-8,10H,4-6,9H2,1-3H3,(H,15,20)(H,18,19). The molecule has 1 unspecified atom stereocenters. The van der Waals surface area contributed by atoms with Crippen LogP contribution in [-0.4, -0.2) is 44.6 Å². The molecule has 0 saturated heterocycles. The summed E-state index contributed by atoms with van der Waals surface area (Å²) < 4.78 is 1.82. The van der Waals surface area contributed by atoms with E-state index in [9.17, 15) is 9.59 Å². The number of carbonyl (C=O) groups excluding carboxylic acids is 1. The zero-order valence-corrected chi connectivity index (χ0v) is 12.2. The van der Waals surface area contributed by atoms with Crippen LogP contribution in [-0.2, 0) is 18.4 Å². The number of imidazole rings is 1. The van der Waals surface area contributed by atoms with Crippen molar-refractivity contribution in [3.05, 3.63) is 18.2 Å². The third-order valence-corrected chi connectivity index (χ3v) is 3.09. The summed E-state index contributed by atoms with van der Waals surface area (Å²) in [6, 6.07) is -1.25. The molecule has 20 heavy (non-hydrogen) atoms. The van der Waals surface area contributed by atoms with Crippen LogP contribution in [0.2, 0.25) is 0 Å².